The van der Waals surface area contributed by atoms with Gasteiger partial charge in [-0.05, 0) is 24.8 Å². The minimum absolute atomic E-state index is 0.195. The van der Waals surface area contributed by atoms with Gasteiger partial charge >= 0.3 is 5.97 Å². The number of hydrogen-bond donors (Lipinski definition) is 2. The Morgan fingerprint density at radius 3 is 2.80 bits per heavy atom. The van der Waals surface area contributed by atoms with E-state index in [0.717, 1.165) is 11.3 Å². The summed E-state index contributed by atoms with van der Waals surface area (Å²) in [6.45, 7) is 4.05. The van der Waals surface area contributed by atoms with Crippen molar-refractivity contribution in [3.8, 4) is 0 Å². The van der Waals surface area contributed by atoms with Gasteiger partial charge < -0.3 is 5.11 Å². The summed E-state index contributed by atoms with van der Waals surface area (Å²) in [5, 5.41) is 14.5. The van der Waals surface area contributed by atoms with Crippen molar-refractivity contribution >= 4 is 33.0 Å². The summed E-state index contributed by atoms with van der Waals surface area (Å²) < 4.78 is 28.5. The number of carbonyl (C=O) groups is 1. The predicted octanol–water partition coefficient (Wildman–Crippen LogP) is 1.77. The first kappa shape index (κ1) is 14.5. The Balaban J connectivity index is 2.40. The fraction of sp³-hybridized carbons (Fsp3) is 0.273. The molecule has 2 aromatic heterocycles. The Kier molecular flexibility index (Phi) is 3.82. The van der Waals surface area contributed by atoms with Gasteiger partial charge in [0.15, 0.2) is 0 Å². The molecule has 2 N–H and O–H groups in total. The maximum absolute atomic E-state index is 12.3. The molecule has 0 bridgehead atoms. The van der Waals surface area contributed by atoms with Crippen LogP contribution in [0.5, 0.6) is 0 Å². The summed E-state index contributed by atoms with van der Waals surface area (Å²) in [5.74, 6) is -1.26. The maximum Gasteiger partial charge on any atom is 0.347 e. The molecular weight excluding hydrogens is 302 g/mol. The molecule has 0 aliphatic rings. The smallest absolute Gasteiger partial charge is 0.347 e. The quantitative estimate of drug-likeness (QED) is 0.875. The van der Waals surface area contributed by atoms with E-state index in [-0.39, 0.29) is 9.77 Å². The minimum Gasteiger partial charge on any atom is -0.477 e. The molecule has 0 unspecified atom stereocenters. The number of carboxylic acids is 1. The fourth-order valence-electron chi connectivity index (χ4n) is 1.71. The molecule has 2 heterocycles. The maximum atomic E-state index is 12.3. The van der Waals surface area contributed by atoms with Gasteiger partial charge in [0.1, 0.15) is 9.77 Å². The van der Waals surface area contributed by atoms with E-state index in [9.17, 15) is 13.2 Å². The standard InChI is InChI=1S/C11H13N3O4S2/c1-3-14-5-8(4-12-14)13-20(17,18)10-7(2)6-19-9(10)11(15)16/h4-6,13H,3H2,1-2H3,(H,15,16). The number of aryl methyl sites for hydroxylation is 2. The third-order valence-corrected chi connectivity index (χ3v) is 5.37. The van der Waals surface area contributed by atoms with Crippen molar-refractivity contribution in [2.24, 2.45) is 0 Å². The summed E-state index contributed by atoms with van der Waals surface area (Å²) >= 11 is 0.892. The molecule has 7 nitrogen and oxygen atoms in total. The summed E-state index contributed by atoms with van der Waals surface area (Å²) in [6.07, 6.45) is 2.92. The van der Waals surface area contributed by atoms with Crippen molar-refractivity contribution < 1.29 is 18.3 Å². The Hall–Kier alpha value is -1.87. The topological polar surface area (TPSA) is 101 Å². The molecule has 0 saturated carbocycles. The second-order valence-electron chi connectivity index (χ2n) is 4.07. The highest BCUT2D eigenvalue weighted by molar-refractivity contribution is 7.93. The lowest BCUT2D eigenvalue weighted by atomic mass is 10.3. The second-order valence-corrected chi connectivity index (χ2v) is 6.57. The number of nitrogens with one attached hydrogen (secondary N) is 1. The van der Waals surface area contributed by atoms with Crippen molar-refractivity contribution in [2.75, 3.05) is 4.72 Å². The number of carboxylic acid groups (broad SMARTS) is 1. The normalized spacial score (nSPS) is 11.5. The average Bonchev–Trinajstić information content (AvgIpc) is 2.95. The van der Waals surface area contributed by atoms with Gasteiger partial charge in [-0.3, -0.25) is 9.40 Å². The highest BCUT2D eigenvalue weighted by Gasteiger charge is 2.27. The monoisotopic (exact) mass is 315 g/mol. The number of aromatic carboxylic acids is 1. The number of nitrogens with zero attached hydrogens (tertiary/aromatic N) is 2. The van der Waals surface area contributed by atoms with Crippen LogP contribution >= 0.6 is 11.3 Å². The molecule has 0 spiro atoms. The van der Waals surface area contributed by atoms with Crippen LogP contribution in [0.3, 0.4) is 0 Å². The van der Waals surface area contributed by atoms with Gasteiger partial charge in [0, 0.05) is 12.7 Å². The Bertz CT molecular complexity index is 746. The van der Waals surface area contributed by atoms with Gasteiger partial charge in [-0.2, -0.15) is 5.10 Å². The lowest BCUT2D eigenvalue weighted by Crippen LogP contribution is -2.16. The average molecular weight is 315 g/mol. The van der Waals surface area contributed by atoms with Crippen molar-refractivity contribution in [3.05, 3.63) is 28.2 Å². The molecule has 2 rings (SSSR count). The molecule has 0 aliphatic heterocycles. The number of hydrogen-bond acceptors (Lipinski definition) is 5. The van der Waals surface area contributed by atoms with Crippen LogP contribution in [0.2, 0.25) is 0 Å². The van der Waals surface area contributed by atoms with Crippen molar-refractivity contribution in [1.82, 2.24) is 9.78 Å². The lowest BCUT2D eigenvalue weighted by molar-refractivity contribution is 0.0698. The summed E-state index contributed by atoms with van der Waals surface area (Å²) in [6, 6.07) is 0. The Labute approximate surface area is 119 Å². The van der Waals surface area contributed by atoms with Crippen molar-refractivity contribution in [3.63, 3.8) is 0 Å². The molecule has 108 valence electrons. The van der Waals surface area contributed by atoms with Gasteiger partial charge in [0.25, 0.3) is 10.0 Å². The first-order valence-corrected chi connectivity index (χ1v) is 8.08. The van der Waals surface area contributed by atoms with Crippen LogP contribution in [0.4, 0.5) is 5.69 Å². The van der Waals surface area contributed by atoms with E-state index in [0.29, 0.717) is 17.8 Å². The van der Waals surface area contributed by atoms with Crippen LogP contribution in [0.25, 0.3) is 0 Å². The first-order valence-electron chi connectivity index (χ1n) is 5.71. The SMILES string of the molecule is CCn1cc(NS(=O)(=O)c2c(C)csc2C(=O)O)cn1. The fourth-order valence-corrected chi connectivity index (χ4v) is 4.37. The molecule has 2 aromatic rings. The highest BCUT2D eigenvalue weighted by atomic mass is 32.2. The van der Waals surface area contributed by atoms with Gasteiger partial charge in [0.2, 0.25) is 0 Å². The summed E-state index contributed by atoms with van der Waals surface area (Å²) in [4.78, 5) is 10.7. The van der Waals surface area contributed by atoms with Crippen molar-refractivity contribution in [1.29, 1.82) is 0 Å². The van der Waals surface area contributed by atoms with E-state index < -0.39 is 16.0 Å². The van der Waals surface area contributed by atoms with E-state index >= 15 is 0 Å². The second kappa shape index (κ2) is 5.25. The van der Waals surface area contributed by atoms with E-state index in [2.05, 4.69) is 9.82 Å². The van der Waals surface area contributed by atoms with Gasteiger partial charge in [0.05, 0.1) is 11.9 Å². The van der Waals surface area contributed by atoms with Gasteiger partial charge in [-0.15, -0.1) is 11.3 Å². The largest absolute Gasteiger partial charge is 0.477 e. The Morgan fingerprint density at radius 2 is 2.25 bits per heavy atom. The Morgan fingerprint density at radius 1 is 1.55 bits per heavy atom. The zero-order chi connectivity index (χ0) is 14.9. The number of anilines is 1. The predicted molar refractivity (Wildman–Crippen MR) is 74.7 cm³/mol. The number of thiophene rings is 1. The van der Waals surface area contributed by atoms with Crippen LogP contribution in [-0.4, -0.2) is 29.3 Å². The molecule has 0 aliphatic carbocycles. The van der Waals surface area contributed by atoms with Gasteiger partial charge in [-0.1, -0.05) is 0 Å². The van der Waals surface area contributed by atoms with E-state index in [4.69, 9.17) is 5.11 Å². The summed E-state index contributed by atoms with van der Waals surface area (Å²) in [5.41, 5.74) is 0.705. The molecule has 0 fully saturated rings. The third kappa shape index (κ3) is 2.68. The molecule has 0 radical (unpaired) electrons. The van der Waals surface area contributed by atoms with E-state index in [1.807, 2.05) is 6.92 Å². The van der Waals surface area contributed by atoms with Crippen LogP contribution in [-0.2, 0) is 16.6 Å². The highest BCUT2D eigenvalue weighted by Crippen LogP contribution is 2.28. The summed E-state index contributed by atoms with van der Waals surface area (Å²) in [7, 11) is -3.94. The van der Waals surface area contributed by atoms with E-state index in [1.54, 1.807) is 17.8 Å². The number of rotatable bonds is 5. The minimum atomic E-state index is -3.94. The number of aromatic nitrogens is 2. The molecule has 9 heteroatoms. The molecule has 0 saturated heterocycles. The van der Waals surface area contributed by atoms with Crippen LogP contribution < -0.4 is 4.72 Å². The zero-order valence-electron chi connectivity index (χ0n) is 10.8. The first-order chi connectivity index (χ1) is 9.35. The number of sulfonamides is 1. The molecule has 20 heavy (non-hydrogen) atoms. The zero-order valence-corrected chi connectivity index (χ0v) is 12.5. The third-order valence-electron chi connectivity index (χ3n) is 2.59. The van der Waals surface area contributed by atoms with Gasteiger partial charge in [-0.25, -0.2) is 13.2 Å². The van der Waals surface area contributed by atoms with Crippen molar-refractivity contribution in [2.45, 2.75) is 25.3 Å². The molecule has 0 atom stereocenters. The molecule has 0 amide bonds. The molecular formula is C11H13N3O4S2. The van der Waals surface area contributed by atoms with Crippen LogP contribution in [0, 0.1) is 6.92 Å². The van der Waals surface area contributed by atoms with Crippen LogP contribution in [0.15, 0.2) is 22.7 Å². The molecule has 0 aromatic carbocycles. The van der Waals surface area contributed by atoms with E-state index in [1.165, 1.54) is 11.6 Å². The lowest BCUT2D eigenvalue weighted by Gasteiger charge is -2.06. The van der Waals surface area contributed by atoms with Crippen LogP contribution in [0.1, 0.15) is 22.2 Å².